The number of rotatable bonds is 7. The number of carbonyl (C=O) groups is 3. The molecule has 0 fully saturated rings. The van der Waals surface area contributed by atoms with Gasteiger partial charge >= 0.3 is 5.97 Å². The summed E-state index contributed by atoms with van der Waals surface area (Å²) >= 11 is 0. The van der Waals surface area contributed by atoms with E-state index < -0.39 is 11.4 Å². The van der Waals surface area contributed by atoms with E-state index in [1.807, 2.05) is 20.8 Å². The zero-order chi connectivity index (χ0) is 19.3. The smallest absolute Gasteiger partial charge is 0.310 e. The van der Waals surface area contributed by atoms with Crippen LogP contribution in [-0.2, 0) is 9.59 Å². The van der Waals surface area contributed by atoms with Gasteiger partial charge in [0.05, 0.1) is 5.41 Å². The molecule has 1 aromatic carbocycles. The Bertz CT molecular complexity index is 643. The van der Waals surface area contributed by atoms with Crippen LogP contribution in [0.1, 0.15) is 64.2 Å². The number of hydrogen-bond donors (Lipinski definition) is 3. The average Bonchev–Trinajstić information content (AvgIpc) is 2.51. The van der Waals surface area contributed by atoms with E-state index in [-0.39, 0.29) is 23.8 Å². The van der Waals surface area contributed by atoms with Gasteiger partial charge in [-0.3, -0.25) is 14.4 Å². The second-order valence-corrected chi connectivity index (χ2v) is 7.30. The first-order valence-electron chi connectivity index (χ1n) is 8.49. The minimum atomic E-state index is -1.06. The Hall–Kier alpha value is -2.37. The van der Waals surface area contributed by atoms with E-state index in [0.717, 1.165) is 0 Å². The molecule has 0 aliphatic rings. The van der Waals surface area contributed by atoms with Crippen molar-refractivity contribution in [2.45, 2.75) is 59.4 Å². The number of anilines is 1. The Labute approximate surface area is 149 Å². The van der Waals surface area contributed by atoms with E-state index >= 15 is 0 Å². The van der Waals surface area contributed by atoms with Crippen LogP contribution in [0.2, 0.25) is 0 Å². The van der Waals surface area contributed by atoms with Crippen LogP contribution in [0.4, 0.5) is 5.69 Å². The third kappa shape index (κ3) is 5.89. The molecule has 1 rings (SSSR count). The lowest BCUT2D eigenvalue weighted by Gasteiger charge is -2.25. The van der Waals surface area contributed by atoms with Crippen LogP contribution < -0.4 is 10.6 Å². The summed E-state index contributed by atoms with van der Waals surface area (Å²) in [5.74, 6) is -1.57. The lowest BCUT2D eigenvalue weighted by Crippen LogP contribution is -2.40. The van der Waals surface area contributed by atoms with Crippen LogP contribution >= 0.6 is 0 Å². The first-order chi connectivity index (χ1) is 11.5. The van der Waals surface area contributed by atoms with Crippen molar-refractivity contribution in [3.63, 3.8) is 0 Å². The number of carboxylic acid groups (broad SMARTS) is 1. The van der Waals surface area contributed by atoms with E-state index in [2.05, 4.69) is 10.6 Å². The maximum Gasteiger partial charge on any atom is 0.310 e. The molecule has 6 heteroatoms. The molecule has 6 nitrogen and oxygen atoms in total. The topological polar surface area (TPSA) is 95.5 Å². The van der Waals surface area contributed by atoms with Gasteiger partial charge in [-0.15, -0.1) is 0 Å². The highest BCUT2D eigenvalue weighted by molar-refractivity contribution is 5.98. The molecule has 0 unspecified atom stereocenters. The molecule has 3 N–H and O–H groups in total. The van der Waals surface area contributed by atoms with Crippen molar-refractivity contribution >= 4 is 23.5 Å². The Kier molecular flexibility index (Phi) is 6.73. The van der Waals surface area contributed by atoms with Crippen molar-refractivity contribution in [3.8, 4) is 0 Å². The zero-order valence-corrected chi connectivity index (χ0v) is 15.6. The molecule has 0 aliphatic carbocycles. The maximum absolute atomic E-state index is 12.3. The molecule has 0 atom stereocenters. The van der Waals surface area contributed by atoms with Crippen LogP contribution in [0, 0.1) is 5.41 Å². The lowest BCUT2D eigenvalue weighted by molar-refractivity contribution is -0.151. The summed E-state index contributed by atoms with van der Waals surface area (Å²) in [6, 6.07) is 6.60. The molecule has 0 spiro atoms. The first-order valence-corrected chi connectivity index (χ1v) is 8.49. The summed E-state index contributed by atoms with van der Waals surface area (Å²) in [5.41, 5.74) is -0.522. The molecule has 25 heavy (non-hydrogen) atoms. The van der Waals surface area contributed by atoms with Gasteiger partial charge in [-0.2, -0.15) is 0 Å². The summed E-state index contributed by atoms with van der Waals surface area (Å²) in [4.78, 5) is 36.0. The Morgan fingerprint density at radius 2 is 1.68 bits per heavy atom. The van der Waals surface area contributed by atoms with Gasteiger partial charge in [0, 0.05) is 23.2 Å². The fourth-order valence-electron chi connectivity index (χ4n) is 2.54. The molecule has 0 radical (unpaired) electrons. The monoisotopic (exact) mass is 348 g/mol. The number of benzene rings is 1. The van der Waals surface area contributed by atoms with Gasteiger partial charge in [-0.05, 0) is 51.8 Å². The summed E-state index contributed by atoms with van der Waals surface area (Å²) in [6.07, 6.45) is 0.647. The number of carbonyl (C=O) groups excluding carboxylic acids is 2. The molecule has 2 amide bonds. The number of nitrogens with one attached hydrogen (secondary N) is 2. The summed E-state index contributed by atoms with van der Waals surface area (Å²) in [7, 11) is 0. The maximum atomic E-state index is 12.3. The van der Waals surface area contributed by atoms with Gasteiger partial charge in [-0.1, -0.05) is 19.9 Å². The zero-order valence-electron chi connectivity index (χ0n) is 15.6. The van der Waals surface area contributed by atoms with Crippen molar-refractivity contribution < 1.29 is 19.5 Å². The SMILES string of the molecule is CCC(CC)(CC(=O)Nc1cccc(C(=O)NC(C)(C)C)c1)C(=O)O. The van der Waals surface area contributed by atoms with Gasteiger partial charge in [0.1, 0.15) is 0 Å². The van der Waals surface area contributed by atoms with E-state index in [4.69, 9.17) is 0 Å². The van der Waals surface area contributed by atoms with E-state index in [1.54, 1.807) is 38.1 Å². The molecule has 0 aromatic heterocycles. The molecule has 0 saturated heterocycles. The summed E-state index contributed by atoms with van der Waals surface area (Å²) in [5, 5.41) is 15.0. The second-order valence-electron chi connectivity index (χ2n) is 7.30. The predicted octanol–water partition coefficient (Wildman–Crippen LogP) is 3.43. The Balaban J connectivity index is 2.87. The third-order valence-electron chi connectivity index (χ3n) is 4.20. The molecule has 0 saturated carbocycles. The van der Waals surface area contributed by atoms with E-state index in [1.165, 1.54) is 0 Å². The van der Waals surface area contributed by atoms with E-state index in [0.29, 0.717) is 24.1 Å². The minimum absolute atomic E-state index is 0.103. The van der Waals surface area contributed by atoms with Crippen molar-refractivity contribution in [2.24, 2.45) is 5.41 Å². The molecule has 138 valence electrons. The standard InChI is InChI=1S/C19H28N2O4/c1-6-19(7-2,17(24)25)12-15(22)20-14-10-8-9-13(11-14)16(23)21-18(3,4)5/h8-11H,6-7,12H2,1-5H3,(H,20,22)(H,21,23)(H,24,25). The van der Waals surface area contributed by atoms with Gasteiger partial charge in [-0.25, -0.2) is 0 Å². The summed E-state index contributed by atoms with van der Waals surface area (Å²) in [6.45, 7) is 9.19. The van der Waals surface area contributed by atoms with Crippen molar-refractivity contribution in [1.29, 1.82) is 0 Å². The highest BCUT2D eigenvalue weighted by Gasteiger charge is 2.37. The predicted molar refractivity (Wildman–Crippen MR) is 97.6 cm³/mol. The van der Waals surface area contributed by atoms with Crippen LogP contribution in [0.5, 0.6) is 0 Å². The van der Waals surface area contributed by atoms with Crippen LogP contribution in [0.25, 0.3) is 0 Å². The Morgan fingerprint density at radius 1 is 1.08 bits per heavy atom. The minimum Gasteiger partial charge on any atom is -0.481 e. The highest BCUT2D eigenvalue weighted by atomic mass is 16.4. The van der Waals surface area contributed by atoms with Crippen molar-refractivity contribution in [1.82, 2.24) is 5.32 Å². The largest absolute Gasteiger partial charge is 0.481 e. The highest BCUT2D eigenvalue weighted by Crippen LogP contribution is 2.31. The number of carboxylic acids is 1. The molecule has 0 aliphatic heterocycles. The van der Waals surface area contributed by atoms with Gasteiger partial charge in [0.15, 0.2) is 0 Å². The molecule has 0 bridgehead atoms. The molecular formula is C19H28N2O4. The van der Waals surface area contributed by atoms with Crippen molar-refractivity contribution in [3.05, 3.63) is 29.8 Å². The average molecular weight is 348 g/mol. The first kappa shape index (κ1) is 20.7. The van der Waals surface area contributed by atoms with E-state index in [9.17, 15) is 19.5 Å². The van der Waals surface area contributed by atoms with Gasteiger partial charge in [0.25, 0.3) is 5.91 Å². The lowest BCUT2D eigenvalue weighted by atomic mass is 9.79. The molecular weight excluding hydrogens is 320 g/mol. The van der Waals surface area contributed by atoms with Gasteiger partial charge in [0.2, 0.25) is 5.91 Å². The van der Waals surface area contributed by atoms with Crippen LogP contribution in [-0.4, -0.2) is 28.4 Å². The number of aliphatic carboxylic acids is 1. The van der Waals surface area contributed by atoms with Crippen LogP contribution in [0.15, 0.2) is 24.3 Å². The normalized spacial score (nSPS) is 11.7. The van der Waals surface area contributed by atoms with Crippen molar-refractivity contribution in [2.75, 3.05) is 5.32 Å². The third-order valence-corrected chi connectivity index (χ3v) is 4.20. The molecule has 0 heterocycles. The fraction of sp³-hybridized carbons (Fsp3) is 0.526. The fourth-order valence-corrected chi connectivity index (χ4v) is 2.54. The number of amides is 2. The summed E-state index contributed by atoms with van der Waals surface area (Å²) < 4.78 is 0. The van der Waals surface area contributed by atoms with Gasteiger partial charge < -0.3 is 15.7 Å². The van der Waals surface area contributed by atoms with Crippen LogP contribution in [0.3, 0.4) is 0 Å². The quantitative estimate of drug-likeness (QED) is 0.703. The Morgan fingerprint density at radius 3 is 2.16 bits per heavy atom. The second kappa shape index (κ2) is 8.14. The molecule has 1 aromatic rings. The number of hydrogen-bond acceptors (Lipinski definition) is 3.